The first-order valence-corrected chi connectivity index (χ1v) is 5.56. The SMILES string of the molecule is CCOC(=O)c1cc(C(=O)OCC)n(CC)n1. The van der Waals surface area contributed by atoms with Crippen LogP contribution in [0.2, 0.25) is 0 Å². The molecule has 0 N–H and O–H groups in total. The van der Waals surface area contributed by atoms with Crippen LogP contribution in [0.15, 0.2) is 6.07 Å². The maximum absolute atomic E-state index is 11.6. The molecule has 0 aliphatic heterocycles. The monoisotopic (exact) mass is 240 g/mol. The maximum atomic E-state index is 11.6. The van der Waals surface area contributed by atoms with Crippen molar-refractivity contribution in [2.24, 2.45) is 0 Å². The third kappa shape index (κ3) is 3.05. The highest BCUT2D eigenvalue weighted by Crippen LogP contribution is 2.08. The molecule has 0 bridgehead atoms. The number of aryl methyl sites for hydroxylation is 1. The van der Waals surface area contributed by atoms with E-state index in [1.54, 1.807) is 13.8 Å². The van der Waals surface area contributed by atoms with E-state index >= 15 is 0 Å². The molecule has 1 aromatic rings. The van der Waals surface area contributed by atoms with E-state index in [1.165, 1.54) is 10.7 Å². The molecule has 0 aromatic carbocycles. The molecular weight excluding hydrogens is 224 g/mol. The predicted molar refractivity (Wildman–Crippen MR) is 59.8 cm³/mol. The summed E-state index contributed by atoms with van der Waals surface area (Å²) in [5, 5.41) is 3.99. The Hall–Kier alpha value is -1.85. The molecule has 1 aromatic heterocycles. The lowest BCUT2D eigenvalue weighted by Crippen LogP contribution is -2.12. The fourth-order valence-electron chi connectivity index (χ4n) is 1.33. The fourth-order valence-corrected chi connectivity index (χ4v) is 1.33. The van der Waals surface area contributed by atoms with E-state index < -0.39 is 11.9 Å². The third-order valence-corrected chi connectivity index (χ3v) is 2.05. The standard InChI is InChI=1S/C11H16N2O4/c1-4-13-9(11(15)17-6-3)7-8(12-13)10(14)16-5-2/h7H,4-6H2,1-3H3. The Balaban J connectivity index is 2.98. The molecule has 6 heteroatoms. The number of hydrogen-bond donors (Lipinski definition) is 0. The van der Waals surface area contributed by atoms with E-state index in [0.717, 1.165) is 0 Å². The van der Waals surface area contributed by atoms with Gasteiger partial charge in [0.25, 0.3) is 0 Å². The van der Waals surface area contributed by atoms with Crippen LogP contribution in [0.3, 0.4) is 0 Å². The van der Waals surface area contributed by atoms with Gasteiger partial charge in [-0.3, -0.25) is 4.68 Å². The summed E-state index contributed by atoms with van der Waals surface area (Å²) < 4.78 is 11.1. The minimum atomic E-state index is -0.537. The molecule has 0 atom stereocenters. The minimum Gasteiger partial charge on any atom is -0.461 e. The molecule has 0 saturated carbocycles. The molecule has 1 rings (SSSR count). The molecule has 0 unspecified atom stereocenters. The summed E-state index contributed by atoms with van der Waals surface area (Å²) in [5.74, 6) is -1.03. The number of carbonyl (C=O) groups excluding carboxylic acids is 2. The zero-order chi connectivity index (χ0) is 12.8. The van der Waals surface area contributed by atoms with Gasteiger partial charge in [0.15, 0.2) is 5.69 Å². The number of aromatic nitrogens is 2. The van der Waals surface area contributed by atoms with Gasteiger partial charge in [-0.2, -0.15) is 5.10 Å². The quantitative estimate of drug-likeness (QED) is 0.724. The summed E-state index contributed by atoms with van der Waals surface area (Å²) in [6, 6.07) is 1.39. The summed E-state index contributed by atoms with van der Waals surface area (Å²) in [6.45, 7) is 6.28. The first-order chi connectivity index (χ1) is 8.13. The van der Waals surface area contributed by atoms with Crippen LogP contribution in [0.1, 0.15) is 41.7 Å². The molecule has 0 spiro atoms. The van der Waals surface area contributed by atoms with Gasteiger partial charge < -0.3 is 9.47 Å². The predicted octanol–water partition coefficient (Wildman–Crippen LogP) is 1.26. The van der Waals surface area contributed by atoms with E-state index in [0.29, 0.717) is 6.54 Å². The van der Waals surface area contributed by atoms with Crippen molar-refractivity contribution in [3.63, 3.8) is 0 Å². The average molecular weight is 240 g/mol. The lowest BCUT2D eigenvalue weighted by atomic mass is 10.3. The zero-order valence-corrected chi connectivity index (χ0v) is 10.2. The second kappa shape index (κ2) is 6.03. The van der Waals surface area contributed by atoms with E-state index in [9.17, 15) is 9.59 Å². The van der Waals surface area contributed by atoms with Crippen molar-refractivity contribution in [2.45, 2.75) is 27.3 Å². The minimum absolute atomic E-state index is 0.122. The lowest BCUT2D eigenvalue weighted by Gasteiger charge is -2.02. The van der Waals surface area contributed by atoms with Crippen LogP contribution in [0, 0.1) is 0 Å². The van der Waals surface area contributed by atoms with Crippen molar-refractivity contribution in [2.75, 3.05) is 13.2 Å². The summed E-state index contributed by atoms with van der Waals surface area (Å²) in [5.41, 5.74) is 0.383. The van der Waals surface area contributed by atoms with Crippen molar-refractivity contribution in [1.29, 1.82) is 0 Å². The van der Waals surface area contributed by atoms with E-state index in [2.05, 4.69) is 5.10 Å². The third-order valence-electron chi connectivity index (χ3n) is 2.05. The van der Waals surface area contributed by atoms with Gasteiger partial charge in [-0.05, 0) is 20.8 Å². The number of nitrogens with zero attached hydrogens (tertiary/aromatic N) is 2. The second-order valence-electron chi connectivity index (χ2n) is 3.17. The van der Waals surface area contributed by atoms with Crippen molar-refractivity contribution < 1.29 is 19.1 Å². The van der Waals surface area contributed by atoms with E-state index in [1.807, 2.05) is 6.92 Å². The number of ether oxygens (including phenoxy) is 2. The summed E-state index contributed by atoms with van der Waals surface area (Å²) in [6.07, 6.45) is 0. The number of hydrogen-bond acceptors (Lipinski definition) is 5. The number of carbonyl (C=O) groups is 2. The normalized spacial score (nSPS) is 10.1. The van der Waals surface area contributed by atoms with Crippen LogP contribution in [-0.2, 0) is 16.0 Å². The molecule has 0 amide bonds. The van der Waals surface area contributed by atoms with Crippen LogP contribution in [-0.4, -0.2) is 34.9 Å². The first kappa shape index (κ1) is 13.2. The van der Waals surface area contributed by atoms with Gasteiger partial charge in [0.2, 0.25) is 0 Å². The Kier molecular flexibility index (Phi) is 4.68. The van der Waals surface area contributed by atoms with Crippen molar-refractivity contribution in [1.82, 2.24) is 9.78 Å². The van der Waals surface area contributed by atoms with Gasteiger partial charge in [-0.15, -0.1) is 0 Å². The Morgan fingerprint density at radius 1 is 1.18 bits per heavy atom. The highest BCUT2D eigenvalue weighted by Gasteiger charge is 2.19. The first-order valence-electron chi connectivity index (χ1n) is 5.56. The second-order valence-corrected chi connectivity index (χ2v) is 3.17. The molecule has 6 nitrogen and oxygen atoms in total. The lowest BCUT2D eigenvalue weighted by molar-refractivity contribution is 0.0506. The van der Waals surface area contributed by atoms with Crippen molar-refractivity contribution >= 4 is 11.9 Å². The van der Waals surface area contributed by atoms with Crippen LogP contribution in [0.4, 0.5) is 0 Å². The largest absolute Gasteiger partial charge is 0.461 e. The molecule has 0 radical (unpaired) electrons. The molecule has 94 valence electrons. The molecule has 17 heavy (non-hydrogen) atoms. The summed E-state index contributed by atoms with van der Waals surface area (Å²) in [4.78, 5) is 23.0. The molecule has 0 aliphatic carbocycles. The summed E-state index contributed by atoms with van der Waals surface area (Å²) in [7, 11) is 0. The van der Waals surface area contributed by atoms with Gasteiger partial charge >= 0.3 is 11.9 Å². The molecule has 0 saturated heterocycles. The Morgan fingerprint density at radius 2 is 1.76 bits per heavy atom. The van der Waals surface area contributed by atoms with Crippen LogP contribution >= 0.6 is 0 Å². The Bertz CT molecular complexity index is 412. The highest BCUT2D eigenvalue weighted by molar-refractivity contribution is 5.93. The van der Waals surface area contributed by atoms with E-state index in [4.69, 9.17) is 9.47 Å². The van der Waals surface area contributed by atoms with Gasteiger partial charge in [0, 0.05) is 12.6 Å². The van der Waals surface area contributed by atoms with Crippen LogP contribution in [0.25, 0.3) is 0 Å². The van der Waals surface area contributed by atoms with Crippen LogP contribution < -0.4 is 0 Å². The highest BCUT2D eigenvalue weighted by atomic mass is 16.5. The average Bonchev–Trinajstić information content (AvgIpc) is 2.73. The Morgan fingerprint density at radius 3 is 2.29 bits per heavy atom. The summed E-state index contributed by atoms with van der Waals surface area (Å²) >= 11 is 0. The van der Waals surface area contributed by atoms with Gasteiger partial charge in [0.1, 0.15) is 5.69 Å². The molecule has 1 heterocycles. The molecular formula is C11H16N2O4. The smallest absolute Gasteiger partial charge is 0.358 e. The van der Waals surface area contributed by atoms with Crippen molar-refractivity contribution in [3.05, 3.63) is 17.5 Å². The number of rotatable bonds is 5. The maximum Gasteiger partial charge on any atom is 0.358 e. The Labute approximate surface area is 99.5 Å². The topological polar surface area (TPSA) is 70.4 Å². The van der Waals surface area contributed by atoms with Gasteiger partial charge in [-0.25, -0.2) is 9.59 Å². The molecule has 0 fully saturated rings. The van der Waals surface area contributed by atoms with Gasteiger partial charge in [0.05, 0.1) is 13.2 Å². The molecule has 0 aliphatic rings. The fraction of sp³-hybridized carbons (Fsp3) is 0.545. The number of esters is 2. The van der Waals surface area contributed by atoms with Crippen molar-refractivity contribution in [3.8, 4) is 0 Å². The van der Waals surface area contributed by atoms with E-state index in [-0.39, 0.29) is 24.6 Å². The van der Waals surface area contributed by atoms with Gasteiger partial charge in [-0.1, -0.05) is 0 Å². The van der Waals surface area contributed by atoms with Crippen LogP contribution in [0.5, 0.6) is 0 Å². The zero-order valence-electron chi connectivity index (χ0n) is 10.2.